The molecule has 0 amide bonds. The zero-order valence-electron chi connectivity index (χ0n) is 17.4. The van der Waals surface area contributed by atoms with E-state index in [1.807, 2.05) is 19.1 Å². The van der Waals surface area contributed by atoms with Gasteiger partial charge in [-0.05, 0) is 37.5 Å². The van der Waals surface area contributed by atoms with Crippen LogP contribution in [0.2, 0.25) is 0 Å². The van der Waals surface area contributed by atoms with Gasteiger partial charge >= 0.3 is 5.97 Å². The Kier molecular flexibility index (Phi) is 9.76. The van der Waals surface area contributed by atoms with E-state index in [4.69, 9.17) is 14.1 Å². The van der Waals surface area contributed by atoms with Crippen LogP contribution in [0.15, 0.2) is 52.1 Å². The fourth-order valence-corrected chi connectivity index (χ4v) is 3.32. The first-order chi connectivity index (χ1) is 14.6. The van der Waals surface area contributed by atoms with Crippen LogP contribution in [0.5, 0.6) is 0 Å². The van der Waals surface area contributed by atoms with E-state index in [1.54, 1.807) is 18.4 Å². The van der Waals surface area contributed by atoms with Gasteiger partial charge in [-0.2, -0.15) is 0 Å². The number of nitro groups is 1. The molecule has 0 spiro atoms. The molecule has 1 aromatic heterocycles. The lowest BCUT2D eigenvalue weighted by atomic mass is 9.97. The van der Waals surface area contributed by atoms with E-state index in [1.165, 1.54) is 12.1 Å². The van der Waals surface area contributed by atoms with Gasteiger partial charge in [0.05, 0.1) is 36.8 Å². The molecule has 1 aliphatic heterocycles. The third-order valence-electron chi connectivity index (χ3n) is 4.97. The first-order valence-corrected chi connectivity index (χ1v) is 10.0. The summed E-state index contributed by atoms with van der Waals surface area (Å²) in [7, 11) is 0. The van der Waals surface area contributed by atoms with Crippen LogP contribution in [0, 0.1) is 16.0 Å². The number of carbonyl (C=O) groups excluding carboxylic acids is 1. The van der Waals surface area contributed by atoms with Crippen molar-refractivity contribution in [3.8, 4) is 0 Å². The lowest BCUT2D eigenvalue weighted by Crippen LogP contribution is -2.46. The molecule has 2 aromatic rings. The number of guanidine groups is 1. The molecule has 9 nitrogen and oxygen atoms in total. The molecule has 1 aromatic carbocycles. The van der Waals surface area contributed by atoms with Crippen molar-refractivity contribution >= 4 is 41.6 Å². The fraction of sp³-hybridized carbons (Fsp3) is 0.429. The second-order valence-corrected chi connectivity index (χ2v) is 7.01. The van der Waals surface area contributed by atoms with Crippen LogP contribution in [0.25, 0.3) is 0 Å². The molecule has 1 N–H and O–H groups in total. The van der Waals surface area contributed by atoms with Crippen molar-refractivity contribution in [3.63, 3.8) is 0 Å². The molecule has 0 bridgehead atoms. The Morgan fingerprint density at radius 2 is 2.00 bits per heavy atom. The largest absolute Gasteiger partial charge is 0.467 e. The Labute approximate surface area is 198 Å². The number of carbonyl (C=O) groups is 1. The SMILES string of the molecule is CCOC(=O)C1CCN(C(=NCc2ccc([N+](=O)[O-])cc2)NCc2ccco2)CC1.I. The summed E-state index contributed by atoms with van der Waals surface area (Å²) in [5, 5.41) is 14.1. The van der Waals surface area contributed by atoms with Crippen molar-refractivity contribution in [2.75, 3.05) is 19.7 Å². The highest BCUT2D eigenvalue weighted by molar-refractivity contribution is 14.0. The number of nitro benzene ring substituents is 1. The highest BCUT2D eigenvalue weighted by Gasteiger charge is 2.27. The molecule has 1 saturated heterocycles. The van der Waals surface area contributed by atoms with Crippen molar-refractivity contribution in [3.05, 3.63) is 64.1 Å². The van der Waals surface area contributed by atoms with Crippen molar-refractivity contribution in [2.45, 2.75) is 32.9 Å². The number of esters is 1. The molecule has 0 saturated carbocycles. The van der Waals surface area contributed by atoms with Gasteiger partial charge in [-0.25, -0.2) is 4.99 Å². The van der Waals surface area contributed by atoms with E-state index < -0.39 is 4.92 Å². The first-order valence-electron chi connectivity index (χ1n) is 10.0. The zero-order valence-corrected chi connectivity index (χ0v) is 19.7. The molecular formula is C21H27IN4O5. The van der Waals surface area contributed by atoms with Crippen molar-refractivity contribution in [1.82, 2.24) is 10.2 Å². The molecule has 0 atom stereocenters. The minimum Gasteiger partial charge on any atom is -0.467 e. The quantitative estimate of drug-likeness (QED) is 0.142. The minimum atomic E-state index is -0.420. The second-order valence-electron chi connectivity index (χ2n) is 7.01. The van der Waals surface area contributed by atoms with Gasteiger partial charge in [0.15, 0.2) is 5.96 Å². The normalized spacial score (nSPS) is 14.6. The fourth-order valence-electron chi connectivity index (χ4n) is 3.32. The third kappa shape index (κ3) is 7.23. The molecular weight excluding hydrogens is 515 g/mol. The van der Waals surface area contributed by atoms with Gasteiger partial charge in [-0.3, -0.25) is 14.9 Å². The average molecular weight is 542 g/mol. The molecule has 2 heterocycles. The Morgan fingerprint density at radius 1 is 1.29 bits per heavy atom. The maximum Gasteiger partial charge on any atom is 0.309 e. The molecule has 1 aliphatic rings. The van der Waals surface area contributed by atoms with Crippen LogP contribution in [0.1, 0.15) is 31.1 Å². The number of piperidine rings is 1. The van der Waals surface area contributed by atoms with E-state index >= 15 is 0 Å². The van der Waals surface area contributed by atoms with Crippen molar-refractivity contribution in [1.29, 1.82) is 0 Å². The lowest BCUT2D eigenvalue weighted by Gasteiger charge is -2.33. The smallest absolute Gasteiger partial charge is 0.309 e. The number of ether oxygens (including phenoxy) is 1. The summed E-state index contributed by atoms with van der Waals surface area (Å²) < 4.78 is 10.5. The highest BCUT2D eigenvalue weighted by atomic mass is 127. The number of furan rings is 1. The monoisotopic (exact) mass is 542 g/mol. The predicted molar refractivity (Wildman–Crippen MR) is 126 cm³/mol. The maximum absolute atomic E-state index is 12.0. The van der Waals surface area contributed by atoms with Crippen molar-refractivity contribution in [2.24, 2.45) is 10.9 Å². The third-order valence-corrected chi connectivity index (χ3v) is 4.97. The number of benzene rings is 1. The average Bonchev–Trinajstić information content (AvgIpc) is 3.28. The van der Waals surface area contributed by atoms with E-state index in [0.717, 1.165) is 11.3 Å². The molecule has 0 radical (unpaired) electrons. The van der Waals surface area contributed by atoms with Gasteiger partial charge < -0.3 is 19.4 Å². The van der Waals surface area contributed by atoms with Gasteiger partial charge in [0.25, 0.3) is 5.69 Å². The number of hydrogen-bond donors (Lipinski definition) is 1. The minimum absolute atomic E-state index is 0. The zero-order chi connectivity index (χ0) is 21.3. The van der Waals surface area contributed by atoms with Crippen molar-refractivity contribution < 1.29 is 18.9 Å². The number of aliphatic imine (C=N–C) groups is 1. The lowest BCUT2D eigenvalue weighted by molar-refractivity contribution is -0.384. The van der Waals surface area contributed by atoms with E-state index in [9.17, 15) is 14.9 Å². The topological polar surface area (TPSA) is 110 Å². The molecule has 0 unspecified atom stereocenters. The molecule has 10 heteroatoms. The number of non-ortho nitro benzene ring substituents is 1. The number of hydrogen-bond acceptors (Lipinski definition) is 6. The van der Waals surface area contributed by atoms with Crippen LogP contribution in [0.4, 0.5) is 5.69 Å². The van der Waals surface area contributed by atoms with Crippen LogP contribution >= 0.6 is 24.0 Å². The predicted octanol–water partition coefficient (Wildman–Crippen LogP) is 3.73. The molecule has 1 fully saturated rings. The summed E-state index contributed by atoms with van der Waals surface area (Å²) in [5.74, 6) is 1.29. The molecule has 31 heavy (non-hydrogen) atoms. The Morgan fingerprint density at radius 3 is 2.58 bits per heavy atom. The summed E-state index contributed by atoms with van der Waals surface area (Å²) in [4.78, 5) is 29.2. The summed E-state index contributed by atoms with van der Waals surface area (Å²) in [6, 6.07) is 10.1. The first kappa shape index (κ1) is 24.6. The summed E-state index contributed by atoms with van der Waals surface area (Å²) in [5.41, 5.74) is 0.930. The molecule has 0 aliphatic carbocycles. The number of nitrogens with one attached hydrogen (secondary N) is 1. The van der Waals surface area contributed by atoms with E-state index in [-0.39, 0.29) is 41.6 Å². The van der Waals surface area contributed by atoms with Crippen LogP contribution in [-0.4, -0.2) is 41.4 Å². The van der Waals surface area contributed by atoms with Gasteiger partial charge in [0.2, 0.25) is 0 Å². The number of rotatable bonds is 7. The Bertz CT molecular complexity index is 862. The standard InChI is InChI=1S/C21H26N4O5.HI/c1-2-29-20(26)17-9-11-24(12-10-17)21(23-15-19-4-3-13-30-19)22-14-16-5-7-18(8-6-16)25(27)28;/h3-8,13,17H,2,9-12,14-15H2,1H3,(H,22,23);1H. The Balaban J connectivity index is 0.00000341. The van der Waals surface area contributed by atoms with Crippen LogP contribution in [-0.2, 0) is 22.6 Å². The van der Waals surface area contributed by atoms with Gasteiger partial charge in [-0.15, -0.1) is 24.0 Å². The van der Waals surface area contributed by atoms with E-state index in [2.05, 4.69) is 10.2 Å². The van der Waals surface area contributed by atoms with Gasteiger partial charge in [0.1, 0.15) is 5.76 Å². The number of likely N-dealkylation sites (tertiary alicyclic amines) is 1. The summed E-state index contributed by atoms with van der Waals surface area (Å²) >= 11 is 0. The van der Waals surface area contributed by atoms with E-state index in [0.29, 0.717) is 51.6 Å². The summed E-state index contributed by atoms with van der Waals surface area (Å²) in [6.45, 7) is 4.46. The van der Waals surface area contributed by atoms with Crippen LogP contribution in [0.3, 0.4) is 0 Å². The number of halogens is 1. The van der Waals surface area contributed by atoms with Crippen LogP contribution < -0.4 is 5.32 Å². The van der Waals surface area contributed by atoms with Gasteiger partial charge in [-0.1, -0.05) is 12.1 Å². The summed E-state index contributed by atoms with van der Waals surface area (Å²) in [6.07, 6.45) is 3.03. The number of nitrogens with zero attached hydrogens (tertiary/aromatic N) is 3. The second kappa shape index (κ2) is 12.3. The Hall–Kier alpha value is -2.63. The molecule has 168 valence electrons. The van der Waals surface area contributed by atoms with Gasteiger partial charge in [0, 0.05) is 25.2 Å². The highest BCUT2D eigenvalue weighted by Crippen LogP contribution is 2.19. The maximum atomic E-state index is 12.0. The molecule has 3 rings (SSSR count).